The summed E-state index contributed by atoms with van der Waals surface area (Å²) < 4.78 is 10.8. The van der Waals surface area contributed by atoms with Gasteiger partial charge in [-0.1, -0.05) is 29.8 Å². The SMILES string of the molecule is COc1cc(N)c(Cl)cc1C(=O)N(C)Cc1ccccc1N1CCOCC1. The van der Waals surface area contributed by atoms with Crippen LogP contribution in [0.3, 0.4) is 0 Å². The Morgan fingerprint density at radius 1 is 1.30 bits per heavy atom. The molecule has 7 heteroatoms. The predicted octanol–water partition coefficient (Wildman–Crippen LogP) is 3.04. The van der Waals surface area contributed by atoms with Crippen LogP contribution in [0, 0.1) is 0 Å². The number of hydrogen-bond donors (Lipinski definition) is 1. The highest BCUT2D eigenvalue weighted by atomic mass is 35.5. The van der Waals surface area contributed by atoms with Gasteiger partial charge in [-0.15, -0.1) is 0 Å². The molecule has 0 spiro atoms. The molecule has 144 valence electrons. The van der Waals surface area contributed by atoms with E-state index in [1.54, 1.807) is 24.1 Å². The van der Waals surface area contributed by atoms with Crippen LogP contribution in [-0.4, -0.2) is 51.3 Å². The molecule has 1 aliphatic rings. The van der Waals surface area contributed by atoms with E-state index in [1.807, 2.05) is 18.2 Å². The van der Waals surface area contributed by atoms with Crippen molar-refractivity contribution in [1.82, 2.24) is 4.90 Å². The van der Waals surface area contributed by atoms with E-state index in [0.717, 1.165) is 24.3 Å². The molecule has 0 saturated carbocycles. The Balaban J connectivity index is 1.83. The quantitative estimate of drug-likeness (QED) is 0.796. The first-order valence-electron chi connectivity index (χ1n) is 8.80. The van der Waals surface area contributed by atoms with Crippen molar-refractivity contribution in [3.63, 3.8) is 0 Å². The van der Waals surface area contributed by atoms with Crippen LogP contribution in [0.2, 0.25) is 5.02 Å². The van der Waals surface area contributed by atoms with Crippen molar-refractivity contribution in [3.8, 4) is 5.75 Å². The number of nitrogen functional groups attached to an aromatic ring is 1. The second-order valence-electron chi connectivity index (χ2n) is 6.46. The van der Waals surface area contributed by atoms with Crippen LogP contribution in [0.25, 0.3) is 0 Å². The largest absolute Gasteiger partial charge is 0.496 e. The molecule has 0 radical (unpaired) electrons. The van der Waals surface area contributed by atoms with Crippen molar-refractivity contribution in [2.45, 2.75) is 6.54 Å². The highest BCUT2D eigenvalue weighted by Crippen LogP contribution is 2.30. The summed E-state index contributed by atoms with van der Waals surface area (Å²) in [6.45, 7) is 3.58. The van der Waals surface area contributed by atoms with Crippen LogP contribution < -0.4 is 15.4 Å². The Bertz CT molecular complexity index is 822. The zero-order chi connectivity index (χ0) is 19.4. The van der Waals surface area contributed by atoms with Crippen LogP contribution >= 0.6 is 11.6 Å². The number of ether oxygens (including phenoxy) is 2. The maximum atomic E-state index is 13.0. The number of halogens is 1. The first-order valence-corrected chi connectivity index (χ1v) is 9.18. The monoisotopic (exact) mass is 389 g/mol. The number of methoxy groups -OCH3 is 1. The number of nitrogens with zero attached hydrogens (tertiary/aromatic N) is 2. The van der Waals surface area contributed by atoms with Gasteiger partial charge >= 0.3 is 0 Å². The van der Waals surface area contributed by atoms with Crippen LogP contribution in [0.15, 0.2) is 36.4 Å². The van der Waals surface area contributed by atoms with Gasteiger partial charge in [0.15, 0.2) is 0 Å². The number of nitrogens with two attached hydrogens (primary N) is 1. The van der Waals surface area contributed by atoms with Crippen LogP contribution in [0.1, 0.15) is 15.9 Å². The third-order valence-electron chi connectivity index (χ3n) is 4.65. The fourth-order valence-electron chi connectivity index (χ4n) is 3.20. The molecule has 1 amide bonds. The second-order valence-corrected chi connectivity index (χ2v) is 6.87. The Labute approximate surface area is 164 Å². The normalized spacial score (nSPS) is 14.1. The summed E-state index contributed by atoms with van der Waals surface area (Å²) in [5.41, 5.74) is 8.79. The smallest absolute Gasteiger partial charge is 0.257 e. The van der Waals surface area contributed by atoms with Crippen LogP contribution in [0.4, 0.5) is 11.4 Å². The number of rotatable bonds is 5. The average Bonchev–Trinajstić information content (AvgIpc) is 2.70. The standard InChI is InChI=1S/C20H24ClN3O3/c1-23(20(25)15-11-16(21)17(22)12-19(15)26-2)13-14-5-3-4-6-18(14)24-7-9-27-10-8-24/h3-6,11-12H,7-10,13,22H2,1-2H3. The van der Waals surface area contributed by atoms with Crippen molar-refractivity contribution in [2.75, 3.05) is 51.1 Å². The van der Waals surface area contributed by atoms with Gasteiger partial charge in [-0.2, -0.15) is 0 Å². The minimum atomic E-state index is -0.175. The predicted molar refractivity (Wildman–Crippen MR) is 108 cm³/mol. The maximum Gasteiger partial charge on any atom is 0.257 e. The summed E-state index contributed by atoms with van der Waals surface area (Å²) in [4.78, 5) is 16.9. The number of carbonyl (C=O) groups excluding carboxylic acids is 1. The van der Waals surface area contributed by atoms with E-state index in [9.17, 15) is 4.79 Å². The van der Waals surface area contributed by atoms with Crippen molar-refractivity contribution in [3.05, 3.63) is 52.5 Å². The van der Waals surface area contributed by atoms with Gasteiger partial charge in [0.2, 0.25) is 0 Å². The number of amides is 1. The Kier molecular flexibility index (Phi) is 6.08. The fraction of sp³-hybridized carbons (Fsp3) is 0.350. The lowest BCUT2D eigenvalue weighted by molar-refractivity contribution is 0.0781. The lowest BCUT2D eigenvalue weighted by atomic mass is 10.1. The summed E-state index contributed by atoms with van der Waals surface area (Å²) in [6.07, 6.45) is 0. The molecule has 1 fully saturated rings. The zero-order valence-corrected chi connectivity index (χ0v) is 16.3. The summed E-state index contributed by atoms with van der Waals surface area (Å²) >= 11 is 6.11. The average molecular weight is 390 g/mol. The molecule has 0 unspecified atom stereocenters. The summed E-state index contributed by atoms with van der Waals surface area (Å²) in [7, 11) is 3.27. The fourth-order valence-corrected chi connectivity index (χ4v) is 3.36. The topological polar surface area (TPSA) is 68.0 Å². The maximum absolute atomic E-state index is 13.0. The molecule has 27 heavy (non-hydrogen) atoms. The number of benzene rings is 2. The van der Waals surface area contributed by atoms with Gasteiger partial charge in [-0.05, 0) is 17.7 Å². The molecular weight excluding hydrogens is 366 g/mol. The molecule has 2 aromatic rings. The molecule has 6 nitrogen and oxygen atoms in total. The highest BCUT2D eigenvalue weighted by molar-refractivity contribution is 6.33. The Morgan fingerprint density at radius 3 is 2.70 bits per heavy atom. The minimum Gasteiger partial charge on any atom is -0.496 e. The zero-order valence-electron chi connectivity index (χ0n) is 15.6. The molecule has 1 aliphatic heterocycles. The summed E-state index contributed by atoms with van der Waals surface area (Å²) in [5, 5.41) is 0.335. The number of morpholine rings is 1. The summed E-state index contributed by atoms with van der Waals surface area (Å²) in [5.74, 6) is 0.237. The molecule has 0 bridgehead atoms. The molecular formula is C20H24ClN3O3. The molecule has 0 aliphatic carbocycles. The van der Waals surface area contributed by atoms with Crippen molar-refractivity contribution >= 4 is 28.9 Å². The van der Waals surface area contributed by atoms with Gasteiger partial charge in [0.25, 0.3) is 5.91 Å². The van der Waals surface area contributed by atoms with E-state index in [2.05, 4.69) is 11.0 Å². The van der Waals surface area contributed by atoms with Gasteiger partial charge < -0.3 is 25.0 Å². The molecule has 1 heterocycles. The number of anilines is 2. The van der Waals surface area contributed by atoms with Gasteiger partial charge in [-0.25, -0.2) is 0 Å². The number of carbonyl (C=O) groups is 1. The van der Waals surface area contributed by atoms with E-state index in [4.69, 9.17) is 26.8 Å². The van der Waals surface area contributed by atoms with E-state index in [-0.39, 0.29) is 5.91 Å². The molecule has 3 rings (SSSR count). The highest BCUT2D eigenvalue weighted by Gasteiger charge is 2.21. The van der Waals surface area contributed by atoms with Crippen molar-refractivity contribution < 1.29 is 14.3 Å². The molecule has 0 atom stereocenters. The van der Waals surface area contributed by atoms with E-state index in [1.165, 1.54) is 7.11 Å². The Hall–Kier alpha value is -2.44. The van der Waals surface area contributed by atoms with Crippen LogP contribution in [-0.2, 0) is 11.3 Å². The molecule has 1 saturated heterocycles. The molecule has 2 N–H and O–H groups in total. The molecule has 2 aromatic carbocycles. The van der Waals surface area contributed by atoms with Crippen molar-refractivity contribution in [2.24, 2.45) is 0 Å². The second kappa shape index (κ2) is 8.50. The third kappa shape index (κ3) is 4.28. The van der Waals surface area contributed by atoms with Gasteiger partial charge in [-0.3, -0.25) is 4.79 Å². The van der Waals surface area contributed by atoms with E-state index in [0.29, 0.717) is 41.8 Å². The lowest BCUT2D eigenvalue weighted by Crippen LogP contribution is -2.37. The van der Waals surface area contributed by atoms with E-state index >= 15 is 0 Å². The van der Waals surface area contributed by atoms with Gasteiger partial charge in [0.05, 0.1) is 36.6 Å². The minimum absolute atomic E-state index is 0.175. The third-order valence-corrected chi connectivity index (χ3v) is 4.97. The Morgan fingerprint density at radius 2 is 2.00 bits per heavy atom. The van der Waals surface area contributed by atoms with E-state index < -0.39 is 0 Å². The number of hydrogen-bond acceptors (Lipinski definition) is 5. The first kappa shape index (κ1) is 19.3. The summed E-state index contributed by atoms with van der Waals surface area (Å²) in [6, 6.07) is 11.3. The van der Waals surface area contributed by atoms with Crippen LogP contribution in [0.5, 0.6) is 5.75 Å². The first-order chi connectivity index (χ1) is 13.0. The molecule has 0 aromatic heterocycles. The number of para-hydroxylation sites is 1. The van der Waals surface area contributed by atoms with Gasteiger partial charge in [0.1, 0.15) is 5.75 Å². The van der Waals surface area contributed by atoms with Gasteiger partial charge in [0, 0.05) is 38.4 Å². The lowest BCUT2D eigenvalue weighted by Gasteiger charge is -2.31. The van der Waals surface area contributed by atoms with Crippen molar-refractivity contribution in [1.29, 1.82) is 0 Å².